The van der Waals surface area contributed by atoms with Gasteiger partial charge in [-0.1, -0.05) is 23.5 Å². The maximum absolute atomic E-state index is 5.37. The number of benzene rings is 1. The van der Waals surface area contributed by atoms with Gasteiger partial charge in [0.1, 0.15) is 0 Å². The van der Waals surface area contributed by atoms with Crippen LogP contribution in [0.5, 0.6) is 0 Å². The summed E-state index contributed by atoms with van der Waals surface area (Å²) in [7, 11) is 0. The maximum Gasteiger partial charge on any atom is 0.190 e. The van der Waals surface area contributed by atoms with Gasteiger partial charge < -0.3 is 11.1 Å². The predicted octanol–water partition coefficient (Wildman–Crippen LogP) is 2.26. The van der Waals surface area contributed by atoms with Crippen LogP contribution in [0.2, 0.25) is 0 Å². The van der Waals surface area contributed by atoms with E-state index >= 15 is 0 Å². The maximum atomic E-state index is 5.37. The summed E-state index contributed by atoms with van der Waals surface area (Å²) in [5.41, 5.74) is 7.54. The summed E-state index contributed by atoms with van der Waals surface area (Å²) in [5, 5.41) is 3.84. The van der Waals surface area contributed by atoms with Crippen molar-refractivity contribution in [3.8, 4) is 0 Å². The summed E-state index contributed by atoms with van der Waals surface area (Å²) < 4.78 is 1.14. The largest absolute Gasteiger partial charge is 0.376 e. The minimum absolute atomic E-state index is 0.252. The molecule has 0 radical (unpaired) electrons. The van der Waals surface area contributed by atoms with Crippen LogP contribution in [-0.2, 0) is 0 Å². The molecule has 1 aromatic carbocycles. The van der Waals surface area contributed by atoms with Crippen LogP contribution >= 0.6 is 23.6 Å². The van der Waals surface area contributed by atoms with Gasteiger partial charge in [0.15, 0.2) is 10.2 Å². The molecule has 0 spiro atoms. The number of nitrogens with zero attached hydrogens (tertiary/aromatic N) is 1. The second-order valence-corrected chi connectivity index (χ2v) is 4.40. The molecule has 1 aromatic heterocycles. The number of rotatable bonds is 1. The Morgan fingerprint density at radius 3 is 3.00 bits per heavy atom. The van der Waals surface area contributed by atoms with Crippen LogP contribution in [0.25, 0.3) is 10.2 Å². The Morgan fingerprint density at radius 2 is 2.36 bits per heavy atom. The number of aryl methyl sites for hydroxylation is 1. The highest BCUT2D eigenvalue weighted by Crippen LogP contribution is 2.27. The molecule has 0 fully saturated rings. The van der Waals surface area contributed by atoms with E-state index in [2.05, 4.69) is 10.3 Å². The summed E-state index contributed by atoms with van der Waals surface area (Å²) in [5.74, 6) is 0. The van der Waals surface area contributed by atoms with E-state index in [-0.39, 0.29) is 5.11 Å². The van der Waals surface area contributed by atoms with Gasteiger partial charge in [-0.15, -0.1) is 0 Å². The number of hydrogen-bond donors (Lipinski definition) is 2. The summed E-state index contributed by atoms with van der Waals surface area (Å²) in [6.45, 7) is 2.03. The fourth-order valence-electron chi connectivity index (χ4n) is 1.25. The first kappa shape index (κ1) is 9.36. The van der Waals surface area contributed by atoms with Gasteiger partial charge in [-0.2, -0.15) is 0 Å². The van der Waals surface area contributed by atoms with E-state index in [1.54, 1.807) is 11.3 Å². The molecular weight excluding hydrogens is 214 g/mol. The number of fused-ring (bicyclic) bond motifs is 1. The van der Waals surface area contributed by atoms with Gasteiger partial charge in [-0.05, 0) is 30.8 Å². The van der Waals surface area contributed by atoms with E-state index < -0.39 is 0 Å². The molecule has 0 aliphatic carbocycles. The number of nitrogens with one attached hydrogen (secondary N) is 1. The molecule has 0 unspecified atom stereocenters. The average molecular weight is 223 g/mol. The normalized spacial score (nSPS) is 10.4. The lowest BCUT2D eigenvalue weighted by Gasteiger charge is -1.94. The molecule has 0 atom stereocenters. The first-order valence-electron chi connectivity index (χ1n) is 4.09. The Hall–Kier alpha value is -1.20. The van der Waals surface area contributed by atoms with E-state index in [1.807, 2.05) is 25.1 Å². The Kier molecular flexibility index (Phi) is 2.35. The number of anilines is 1. The monoisotopic (exact) mass is 223 g/mol. The fourth-order valence-corrected chi connectivity index (χ4v) is 2.36. The standard InChI is InChI=1S/C9H9N3S2/c1-5-3-2-4-6-7(5)11-9(14-6)12-8(10)13/h2-4H,1H3,(H3,10,11,12,13). The van der Waals surface area contributed by atoms with Crippen molar-refractivity contribution in [2.45, 2.75) is 6.92 Å². The van der Waals surface area contributed by atoms with Gasteiger partial charge in [0.2, 0.25) is 0 Å². The second kappa shape index (κ2) is 3.51. The molecule has 0 amide bonds. The minimum Gasteiger partial charge on any atom is -0.376 e. The summed E-state index contributed by atoms with van der Waals surface area (Å²) in [6, 6.07) is 6.08. The smallest absolute Gasteiger partial charge is 0.190 e. The van der Waals surface area contributed by atoms with E-state index in [4.69, 9.17) is 18.0 Å². The van der Waals surface area contributed by atoms with Crippen molar-refractivity contribution < 1.29 is 0 Å². The van der Waals surface area contributed by atoms with Gasteiger partial charge in [0, 0.05) is 0 Å². The molecule has 0 saturated carbocycles. The first-order valence-corrected chi connectivity index (χ1v) is 5.32. The van der Waals surface area contributed by atoms with Crippen LogP contribution in [0.4, 0.5) is 5.13 Å². The molecule has 3 N–H and O–H groups in total. The highest BCUT2D eigenvalue weighted by molar-refractivity contribution is 7.80. The number of nitrogens with two attached hydrogens (primary N) is 1. The SMILES string of the molecule is Cc1cccc2sc(NC(N)=S)nc12. The molecule has 72 valence electrons. The van der Waals surface area contributed by atoms with Gasteiger partial charge in [-0.3, -0.25) is 0 Å². The summed E-state index contributed by atoms with van der Waals surface area (Å²) >= 11 is 6.30. The zero-order valence-corrected chi connectivity index (χ0v) is 9.21. The van der Waals surface area contributed by atoms with Gasteiger partial charge in [0.25, 0.3) is 0 Å². The van der Waals surface area contributed by atoms with Crippen molar-refractivity contribution in [2.75, 3.05) is 5.32 Å². The van der Waals surface area contributed by atoms with Gasteiger partial charge in [0.05, 0.1) is 10.2 Å². The number of aromatic nitrogens is 1. The average Bonchev–Trinajstić information content (AvgIpc) is 2.47. The van der Waals surface area contributed by atoms with Crippen molar-refractivity contribution in [1.29, 1.82) is 0 Å². The number of hydrogen-bond acceptors (Lipinski definition) is 3. The second-order valence-electron chi connectivity index (χ2n) is 2.93. The highest BCUT2D eigenvalue weighted by atomic mass is 32.1. The molecule has 3 nitrogen and oxygen atoms in total. The lowest BCUT2D eigenvalue weighted by atomic mass is 10.2. The predicted molar refractivity (Wildman–Crippen MR) is 64.8 cm³/mol. The van der Waals surface area contributed by atoms with Crippen molar-refractivity contribution in [3.05, 3.63) is 23.8 Å². The molecule has 2 rings (SSSR count). The van der Waals surface area contributed by atoms with Crippen molar-refractivity contribution >= 4 is 44.0 Å². The first-order chi connectivity index (χ1) is 6.66. The molecule has 5 heteroatoms. The lowest BCUT2D eigenvalue weighted by molar-refractivity contribution is 1.41. The van der Waals surface area contributed by atoms with E-state index in [9.17, 15) is 0 Å². The molecule has 0 aliphatic heterocycles. The van der Waals surface area contributed by atoms with E-state index in [0.29, 0.717) is 0 Å². The lowest BCUT2D eigenvalue weighted by Crippen LogP contribution is -2.18. The fraction of sp³-hybridized carbons (Fsp3) is 0.111. The molecular formula is C9H9N3S2. The minimum atomic E-state index is 0.252. The van der Waals surface area contributed by atoms with Crippen LogP contribution in [-0.4, -0.2) is 10.1 Å². The van der Waals surface area contributed by atoms with E-state index in [1.165, 1.54) is 0 Å². The van der Waals surface area contributed by atoms with Crippen molar-refractivity contribution in [2.24, 2.45) is 5.73 Å². The third-order valence-corrected chi connectivity index (χ3v) is 2.89. The molecule has 0 aliphatic rings. The zero-order chi connectivity index (χ0) is 10.1. The Balaban J connectivity index is 2.51. The quantitative estimate of drug-likeness (QED) is 0.728. The highest BCUT2D eigenvalue weighted by Gasteiger charge is 2.05. The summed E-state index contributed by atoms with van der Waals surface area (Å²) in [6.07, 6.45) is 0. The third-order valence-electron chi connectivity index (χ3n) is 1.85. The van der Waals surface area contributed by atoms with Crippen LogP contribution in [0.3, 0.4) is 0 Å². The Labute approximate surface area is 91.0 Å². The van der Waals surface area contributed by atoms with Crippen LogP contribution in [0, 0.1) is 6.92 Å². The van der Waals surface area contributed by atoms with Crippen molar-refractivity contribution in [3.63, 3.8) is 0 Å². The Morgan fingerprint density at radius 1 is 1.57 bits per heavy atom. The summed E-state index contributed by atoms with van der Waals surface area (Å²) in [4.78, 5) is 4.39. The molecule has 0 saturated heterocycles. The van der Waals surface area contributed by atoms with Gasteiger partial charge >= 0.3 is 0 Å². The molecule has 14 heavy (non-hydrogen) atoms. The zero-order valence-electron chi connectivity index (χ0n) is 7.57. The molecule has 2 aromatic rings. The number of thiazole rings is 1. The number of thiocarbonyl (C=S) groups is 1. The Bertz CT molecular complexity index is 490. The molecule has 1 heterocycles. The van der Waals surface area contributed by atoms with Crippen LogP contribution in [0.15, 0.2) is 18.2 Å². The van der Waals surface area contributed by atoms with Crippen LogP contribution < -0.4 is 11.1 Å². The van der Waals surface area contributed by atoms with Crippen LogP contribution in [0.1, 0.15) is 5.56 Å². The topological polar surface area (TPSA) is 50.9 Å². The van der Waals surface area contributed by atoms with E-state index in [0.717, 1.165) is 20.9 Å². The number of para-hydroxylation sites is 1. The van der Waals surface area contributed by atoms with Crippen molar-refractivity contribution in [1.82, 2.24) is 4.98 Å². The third kappa shape index (κ3) is 1.69. The van der Waals surface area contributed by atoms with Gasteiger partial charge in [-0.25, -0.2) is 4.98 Å². The molecule has 0 bridgehead atoms.